The smallest absolute Gasteiger partial charge is 0.257 e. The summed E-state index contributed by atoms with van der Waals surface area (Å²) >= 11 is 0. The monoisotopic (exact) mass is 354 g/mol. The van der Waals surface area contributed by atoms with Gasteiger partial charge in [-0.25, -0.2) is 0 Å². The number of likely N-dealkylation sites (tertiary alicyclic amines) is 1. The third-order valence-corrected chi connectivity index (χ3v) is 5.11. The average Bonchev–Trinajstić information content (AvgIpc) is 3.23. The van der Waals surface area contributed by atoms with Crippen molar-refractivity contribution in [3.63, 3.8) is 0 Å². The quantitative estimate of drug-likeness (QED) is 0.800. The van der Waals surface area contributed by atoms with Crippen molar-refractivity contribution >= 4 is 11.8 Å². The molecule has 0 atom stereocenters. The number of hydrogen-bond donors (Lipinski definition) is 0. The predicted octanol–water partition coefficient (Wildman–Crippen LogP) is 3.22. The summed E-state index contributed by atoms with van der Waals surface area (Å²) < 4.78 is 4.99. The molecule has 2 heterocycles. The molecule has 138 valence electrons. The van der Waals surface area contributed by atoms with E-state index in [0.717, 1.165) is 32.4 Å². The number of rotatable bonds is 6. The van der Waals surface area contributed by atoms with Gasteiger partial charge < -0.3 is 14.2 Å². The van der Waals surface area contributed by atoms with Crippen LogP contribution in [0.5, 0.6) is 0 Å². The van der Waals surface area contributed by atoms with E-state index in [1.165, 1.54) is 18.1 Å². The predicted molar refractivity (Wildman–Crippen MR) is 99.7 cm³/mol. The molecular weight excluding hydrogens is 328 g/mol. The summed E-state index contributed by atoms with van der Waals surface area (Å²) in [4.78, 5) is 29.0. The Morgan fingerprint density at radius 2 is 1.88 bits per heavy atom. The van der Waals surface area contributed by atoms with Crippen molar-refractivity contribution < 1.29 is 14.0 Å². The number of furan rings is 1. The average molecular weight is 354 g/mol. The number of carbonyl (C=O) groups excluding carboxylic acids is 2. The topological polar surface area (TPSA) is 53.8 Å². The molecule has 1 aliphatic heterocycles. The second kappa shape index (κ2) is 8.70. The highest BCUT2D eigenvalue weighted by atomic mass is 16.3. The highest BCUT2D eigenvalue weighted by Gasteiger charge is 2.30. The molecule has 3 rings (SSSR count). The Labute approximate surface area is 154 Å². The molecule has 26 heavy (non-hydrogen) atoms. The van der Waals surface area contributed by atoms with Gasteiger partial charge in [0.1, 0.15) is 6.26 Å². The van der Waals surface area contributed by atoms with Gasteiger partial charge in [-0.2, -0.15) is 0 Å². The fraction of sp³-hybridized carbons (Fsp3) is 0.429. The lowest BCUT2D eigenvalue weighted by molar-refractivity contribution is -0.136. The van der Waals surface area contributed by atoms with E-state index >= 15 is 0 Å². The minimum atomic E-state index is -0.0129. The van der Waals surface area contributed by atoms with Crippen LogP contribution in [0.3, 0.4) is 0 Å². The van der Waals surface area contributed by atoms with E-state index in [4.69, 9.17) is 4.42 Å². The molecule has 0 saturated carbocycles. The normalized spacial score (nSPS) is 15.0. The summed E-state index contributed by atoms with van der Waals surface area (Å²) in [6.07, 6.45) is 5.31. The van der Waals surface area contributed by atoms with E-state index < -0.39 is 0 Å². The molecular formula is C21H26N2O3. The van der Waals surface area contributed by atoms with Crippen LogP contribution in [0.1, 0.15) is 35.7 Å². The lowest BCUT2D eigenvalue weighted by atomic mass is 9.94. The summed E-state index contributed by atoms with van der Waals surface area (Å²) in [5.41, 5.74) is 1.83. The van der Waals surface area contributed by atoms with Gasteiger partial charge in [-0.05, 0) is 37.8 Å². The lowest BCUT2D eigenvalue weighted by Gasteiger charge is -2.34. The molecule has 0 N–H and O–H groups in total. The zero-order chi connectivity index (χ0) is 18.4. The second-order valence-electron chi connectivity index (χ2n) is 6.73. The molecule has 0 unspecified atom stereocenters. The SMILES string of the molecule is CCN(CCc1ccccc1)C(=O)C1CCN(C(=O)c2ccoc2)CC1. The molecule has 5 nitrogen and oxygen atoms in total. The molecule has 0 bridgehead atoms. The van der Waals surface area contributed by atoms with Crippen LogP contribution in [-0.2, 0) is 11.2 Å². The Hall–Kier alpha value is -2.56. The lowest BCUT2D eigenvalue weighted by Crippen LogP contribution is -2.44. The first kappa shape index (κ1) is 18.2. The van der Waals surface area contributed by atoms with Gasteiger partial charge in [0.2, 0.25) is 5.91 Å². The maximum absolute atomic E-state index is 12.9. The van der Waals surface area contributed by atoms with Gasteiger partial charge in [0, 0.05) is 32.1 Å². The molecule has 1 aromatic heterocycles. The third-order valence-electron chi connectivity index (χ3n) is 5.11. The summed E-state index contributed by atoms with van der Waals surface area (Å²) in [7, 11) is 0. The van der Waals surface area contributed by atoms with Crippen molar-refractivity contribution in [2.45, 2.75) is 26.2 Å². The fourth-order valence-electron chi connectivity index (χ4n) is 3.49. The van der Waals surface area contributed by atoms with E-state index in [9.17, 15) is 9.59 Å². The molecule has 2 amide bonds. The van der Waals surface area contributed by atoms with Crippen LogP contribution in [0, 0.1) is 5.92 Å². The van der Waals surface area contributed by atoms with Crippen molar-refractivity contribution in [2.75, 3.05) is 26.2 Å². The summed E-state index contributed by atoms with van der Waals surface area (Å²) in [5, 5.41) is 0. The molecule has 1 aliphatic rings. The number of likely N-dealkylation sites (N-methyl/N-ethyl adjacent to an activating group) is 1. The van der Waals surface area contributed by atoms with E-state index in [1.807, 2.05) is 34.9 Å². The van der Waals surface area contributed by atoms with Gasteiger partial charge in [-0.3, -0.25) is 9.59 Å². The number of benzene rings is 1. The summed E-state index contributed by atoms with van der Waals surface area (Å²) in [5.74, 6) is 0.221. The van der Waals surface area contributed by atoms with Gasteiger partial charge in [-0.15, -0.1) is 0 Å². The van der Waals surface area contributed by atoms with Gasteiger partial charge >= 0.3 is 0 Å². The van der Waals surface area contributed by atoms with Crippen molar-refractivity contribution in [2.24, 2.45) is 5.92 Å². The van der Waals surface area contributed by atoms with E-state index in [2.05, 4.69) is 12.1 Å². The van der Waals surface area contributed by atoms with Crippen LogP contribution < -0.4 is 0 Å². The number of piperidine rings is 1. The number of carbonyl (C=O) groups is 2. The van der Waals surface area contributed by atoms with Crippen molar-refractivity contribution in [3.8, 4) is 0 Å². The summed E-state index contributed by atoms with van der Waals surface area (Å²) in [6.45, 7) is 4.74. The van der Waals surface area contributed by atoms with Crippen LogP contribution in [0.2, 0.25) is 0 Å². The highest BCUT2D eigenvalue weighted by molar-refractivity contribution is 5.94. The fourth-order valence-corrected chi connectivity index (χ4v) is 3.49. The minimum Gasteiger partial charge on any atom is -0.472 e. The van der Waals surface area contributed by atoms with Gasteiger partial charge in [0.05, 0.1) is 11.8 Å². The standard InChI is InChI=1S/C21H26N2O3/c1-2-22(12-8-17-6-4-3-5-7-17)20(24)18-9-13-23(14-10-18)21(25)19-11-15-26-16-19/h3-7,11,15-16,18H,2,8-10,12-14H2,1H3. The number of hydrogen-bond acceptors (Lipinski definition) is 3. The Morgan fingerprint density at radius 3 is 2.50 bits per heavy atom. The minimum absolute atomic E-state index is 0.0129. The number of amides is 2. The highest BCUT2D eigenvalue weighted by Crippen LogP contribution is 2.21. The van der Waals surface area contributed by atoms with Crippen molar-refractivity contribution in [1.82, 2.24) is 9.80 Å². The van der Waals surface area contributed by atoms with E-state index in [0.29, 0.717) is 18.7 Å². The Bertz CT molecular complexity index is 704. The van der Waals surface area contributed by atoms with Crippen LogP contribution in [-0.4, -0.2) is 47.8 Å². The number of nitrogens with zero attached hydrogens (tertiary/aromatic N) is 2. The van der Waals surface area contributed by atoms with Crippen LogP contribution >= 0.6 is 0 Å². The van der Waals surface area contributed by atoms with Crippen LogP contribution in [0.25, 0.3) is 0 Å². The Balaban J connectivity index is 1.50. The van der Waals surface area contributed by atoms with E-state index in [-0.39, 0.29) is 17.7 Å². The van der Waals surface area contributed by atoms with E-state index in [1.54, 1.807) is 6.07 Å². The molecule has 0 spiro atoms. The molecule has 2 aromatic rings. The van der Waals surface area contributed by atoms with Crippen LogP contribution in [0.4, 0.5) is 0 Å². The molecule has 0 radical (unpaired) electrons. The molecule has 1 saturated heterocycles. The third kappa shape index (κ3) is 4.34. The first-order valence-electron chi connectivity index (χ1n) is 9.33. The molecule has 0 aliphatic carbocycles. The molecule has 1 aromatic carbocycles. The Kier molecular flexibility index (Phi) is 6.10. The summed E-state index contributed by atoms with van der Waals surface area (Å²) in [6, 6.07) is 11.9. The largest absolute Gasteiger partial charge is 0.472 e. The van der Waals surface area contributed by atoms with Gasteiger partial charge in [-0.1, -0.05) is 30.3 Å². The van der Waals surface area contributed by atoms with Crippen molar-refractivity contribution in [1.29, 1.82) is 0 Å². The van der Waals surface area contributed by atoms with Gasteiger partial charge in [0.25, 0.3) is 5.91 Å². The van der Waals surface area contributed by atoms with Crippen molar-refractivity contribution in [3.05, 3.63) is 60.1 Å². The Morgan fingerprint density at radius 1 is 1.15 bits per heavy atom. The maximum Gasteiger partial charge on any atom is 0.257 e. The molecule has 5 heteroatoms. The zero-order valence-corrected chi connectivity index (χ0v) is 15.3. The zero-order valence-electron chi connectivity index (χ0n) is 15.3. The van der Waals surface area contributed by atoms with Crippen LogP contribution in [0.15, 0.2) is 53.3 Å². The second-order valence-corrected chi connectivity index (χ2v) is 6.73. The first-order chi connectivity index (χ1) is 12.7. The molecule has 1 fully saturated rings. The van der Waals surface area contributed by atoms with Gasteiger partial charge in [0.15, 0.2) is 0 Å². The first-order valence-corrected chi connectivity index (χ1v) is 9.33. The maximum atomic E-state index is 12.9.